The number of hydrogen-bond donors (Lipinski definition) is 1. The molecule has 0 radical (unpaired) electrons. The van der Waals surface area contributed by atoms with Crippen LogP contribution in [-0.4, -0.2) is 25.7 Å². The normalized spacial score (nSPS) is 19.8. The molecule has 1 saturated heterocycles. The molecule has 0 bridgehead atoms. The fourth-order valence-electron chi connectivity index (χ4n) is 2.70. The summed E-state index contributed by atoms with van der Waals surface area (Å²) in [5, 5.41) is 3.29. The minimum atomic E-state index is -0.355. The highest BCUT2D eigenvalue weighted by Gasteiger charge is 2.30. The van der Waals surface area contributed by atoms with E-state index in [1.807, 2.05) is 30.3 Å². The van der Waals surface area contributed by atoms with Gasteiger partial charge in [0.15, 0.2) is 0 Å². The topological polar surface area (TPSA) is 49.4 Å². The summed E-state index contributed by atoms with van der Waals surface area (Å²) in [4.78, 5) is 25.9. The Bertz CT molecular complexity index is 656. The largest absolute Gasteiger partial charge is 0.362 e. The first-order valence-electron chi connectivity index (χ1n) is 6.56. The van der Waals surface area contributed by atoms with Crippen molar-refractivity contribution >= 4 is 5.69 Å². The highest BCUT2D eigenvalue weighted by atomic mass is 16.2. The maximum Gasteiger partial charge on any atom is 0.250 e. The second-order valence-corrected chi connectivity index (χ2v) is 4.99. The summed E-state index contributed by atoms with van der Waals surface area (Å²) < 4.78 is 0. The van der Waals surface area contributed by atoms with Crippen LogP contribution in [-0.2, 0) is 0 Å². The Morgan fingerprint density at radius 1 is 1.16 bits per heavy atom. The predicted molar refractivity (Wildman–Crippen MR) is 76.5 cm³/mol. The smallest absolute Gasteiger partial charge is 0.250 e. The van der Waals surface area contributed by atoms with Crippen LogP contribution < -0.4 is 21.1 Å². The minimum Gasteiger partial charge on any atom is -0.362 e. The maximum absolute atomic E-state index is 11.9. The van der Waals surface area contributed by atoms with Crippen LogP contribution in [0, 0.1) is 0 Å². The lowest BCUT2D eigenvalue weighted by Crippen LogP contribution is -2.54. The van der Waals surface area contributed by atoms with Crippen molar-refractivity contribution in [1.82, 2.24) is 5.32 Å². The molecule has 0 saturated carbocycles. The lowest BCUT2D eigenvalue weighted by molar-refractivity contribution is 0.499. The summed E-state index contributed by atoms with van der Waals surface area (Å²) in [6, 6.07) is 9.68. The van der Waals surface area contributed by atoms with E-state index in [9.17, 15) is 9.59 Å². The molecule has 1 heterocycles. The first kappa shape index (κ1) is 12.1. The molecule has 2 aromatic carbocycles. The lowest BCUT2D eigenvalue weighted by Gasteiger charge is -2.37. The number of nitrogens with zero attached hydrogens (tertiary/aromatic N) is 1. The van der Waals surface area contributed by atoms with Crippen molar-refractivity contribution in [3.63, 3.8) is 0 Å². The number of hydrogen-bond acceptors (Lipinski definition) is 4. The highest BCUT2D eigenvalue weighted by molar-refractivity contribution is 5.82. The molecule has 2 aromatic rings. The fourth-order valence-corrected chi connectivity index (χ4v) is 2.70. The molecule has 4 nitrogen and oxygen atoms in total. The zero-order valence-corrected chi connectivity index (χ0v) is 10.8. The molecule has 1 aliphatic heterocycles. The number of benzene rings is 1. The molecule has 0 aromatic heterocycles. The summed E-state index contributed by atoms with van der Waals surface area (Å²) in [5.41, 5.74) is 1.33. The number of nitrogens with one attached hydrogen (secondary N) is 1. The Balaban J connectivity index is 2.06. The molecule has 0 amide bonds. The van der Waals surface area contributed by atoms with Crippen molar-refractivity contribution in [3.05, 3.63) is 50.8 Å². The van der Waals surface area contributed by atoms with E-state index >= 15 is 0 Å². The van der Waals surface area contributed by atoms with E-state index in [1.54, 1.807) is 0 Å². The minimum absolute atomic E-state index is 0.236. The molecule has 3 rings (SSSR count). The maximum atomic E-state index is 11.9. The van der Waals surface area contributed by atoms with Crippen LogP contribution in [0.4, 0.5) is 5.69 Å². The van der Waals surface area contributed by atoms with E-state index in [4.69, 9.17) is 0 Å². The van der Waals surface area contributed by atoms with Gasteiger partial charge in [-0.1, -0.05) is 30.3 Å². The average Bonchev–Trinajstić information content (AvgIpc) is 2.46. The molecule has 0 aliphatic carbocycles. The molecular formula is C15H16N2O2. The Kier molecular flexibility index (Phi) is 2.95. The number of rotatable bonds is 2. The van der Waals surface area contributed by atoms with E-state index in [0.717, 1.165) is 25.2 Å². The summed E-state index contributed by atoms with van der Waals surface area (Å²) in [6.07, 6.45) is 0. The molecule has 1 atom stereocenters. The Morgan fingerprint density at radius 3 is 2.58 bits per heavy atom. The molecule has 98 valence electrons. The molecular weight excluding hydrogens is 240 g/mol. The lowest BCUT2D eigenvalue weighted by atomic mass is 9.96. The van der Waals surface area contributed by atoms with Gasteiger partial charge in [-0.3, -0.25) is 9.59 Å². The first-order valence-corrected chi connectivity index (χ1v) is 6.56. The molecule has 0 unspecified atom stereocenters. The van der Waals surface area contributed by atoms with Crippen molar-refractivity contribution < 1.29 is 0 Å². The van der Waals surface area contributed by atoms with Gasteiger partial charge < -0.3 is 10.2 Å². The summed E-state index contributed by atoms with van der Waals surface area (Å²) in [6.45, 7) is 4.52. The van der Waals surface area contributed by atoms with Crippen LogP contribution >= 0.6 is 0 Å². The fraction of sp³-hybridized carbons (Fsp3) is 0.333. The van der Waals surface area contributed by atoms with Crippen LogP contribution in [0.1, 0.15) is 6.92 Å². The Morgan fingerprint density at radius 2 is 1.89 bits per heavy atom. The van der Waals surface area contributed by atoms with Crippen LogP contribution in [0.5, 0.6) is 0 Å². The zero-order chi connectivity index (χ0) is 13.4. The molecule has 1 fully saturated rings. The zero-order valence-electron chi connectivity index (χ0n) is 10.8. The van der Waals surface area contributed by atoms with Crippen molar-refractivity contribution in [2.45, 2.75) is 13.0 Å². The van der Waals surface area contributed by atoms with Gasteiger partial charge in [-0.2, -0.15) is 0 Å². The van der Waals surface area contributed by atoms with Crippen molar-refractivity contribution in [2.24, 2.45) is 0 Å². The van der Waals surface area contributed by atoms with Gasteiger partial charge >= 0.3 is 0 Å². The quantitative estimate of drug-likeness (QED) is 0.806. The Labute approximate surface area is 111 Å². The Hall–Kier alpha value is -1.94. The van der Waals surface area contributed by atoms with E-state index < -0.39 is 0 Å². The predicted octanol–water partition coefficient (Wildman–Crippen LogP) is 0.748. The summed E-state index contributed by atoms with van der Waals surface area (Å²) in [5.74, 6) is 0. The van der Waals surface area contributed by atoms with Gasteiger partial charge in [0.1, 0.15) is 5.69 Å². The van der Waals surface area contributed by atoms with E-state index in [-0.39, 0.29) is 16.9 Å². The van der Waals surface area contributed by atoms with Gasteiger partial charge in [0.25, 0.3) is 0 Å². The summed E-state index contributed by atoms with van der Waals surface area (Å²) >= 11 is 0. The molecule has 1 N–H and O–H groups in total. The van der Waals surface area contributed by atoms with Crippen molar-refractivity contribution in [2.75, 3.05) is 24.5 Å². The molecule has 1 aliphatic rings. The standard InChI is InChI=1S/C15H16N2O2/c1-10-9-16-7-8-17(10)13-12(14(18)15(13)19)11-5-3-2-4-6-11/h2-6,10,16H,7-9H2,1H3/t10-/m0/s1. The van der Waals surface area contributed by atoms with Gasteiger partial charge in [0.05, 0.1) is 5.56 Å². The van der Waals surface area contributed by atoms with Gasteiger partial charge in [0.2, 0.25) is 10.9 Å². The van der Waals surface area contributed by atoms with Gasteiger partial charge in [-0.25, -0.2) is 0 Å². The molecule has 0 spiro atoms. The third kappa shape index (κ3) is 1.88. The third-order valence-electron chi connectivity index (χ3n) is 3.74. The van der Waals surface area contributed by atoms with Crippen LogP contribution in [0.15, 0.2) is 39.9 Å². The number of anilines is 1. The van der Waals surface area contributed by atoms with E-state index in [0.29, 0.717) is 11.3 Å². The molecule has 4 heteroatoms. The van der Waals surface area contributed by atoms with Crippen LogP contribution in [0.2, 0.25) is 0 Å². The van der Waals surface area contributed by atoms with Gasteiger partial charge in [0, 0.05) is 25.7 Å². The monoisotopic (exact) mass is 256 g/mol. The first-order chi connectivity index (χ1) is 9.20. The van der Waals surface area contributed by atoms with E-state index in [2.05, 4.69) is 17.1 Å². The third-order valence-corrected chi connectivity index (χ3v) is 3.74. The SMILES string of the molecule is C[C@H]1CNCCN1c1c(-c2ccccc2)c(=O)c1=O. The van der Waals surface area contributed by atoms with Crippen LogP contribution in [0.3, 0.4) is 0 Å². The van der Waals surface area contributed by atoms with Crippen molar-refractivity contribution in [1.29, 1.82) is 0 Å². The second kappa shape index (κ2) is 4.63. The number of piperazine rings is 1. The summed E-state index contributed by atoms with van der Waals surface area (Å²) in [7, 11) is 0. The average molecular weight is 256 g/mol. The van der Waals surface area contributed by atoms with Gasteiger partial charge in [-0.15, -0.1) is 0 Å². The second-order valence-electron chi connectivity index (χ2n) is 4.99. The van der Waals surface area contributed by atoms with Crippen LogP contribution in [0.25, 0.3) is 11.1 Å². The molecule has 19 heavy (non-hydrogen) atoms. The van der Waals surface area contributed by atoms with Crippen molar-refractivity contribution in [3.8, 4) is 11.1 Å². The highest BCUT2D eigenvalue weighted by Crippen LogP contribution is 2.28. The van der Waals surface area contributed by atoms with E-state index in [1.165, 1.54) is 0 Å². The van der Waals surface area contributed by atoms with Gasteiger partial charge in [-0.05, 0) is 12.5 Å².